The molecule has 0 aliphatic carbocycles. The van der Waals surface area contributed by atoms with E-state index in [1.165, 1.54) is 0 Å². The third-order valence-electron chi connectivity index (χ3n) is 3.50. The Hall–Kier alpha value is -2.20. The van der Waals surface area contributed by atoms with Gasteiger partial charge in [-0.15, -0.1) is 0 Å². The zero-order valence-electron chi connectivity index (χ0n) is 13.3. The van der Waals surface area contributed by atoms with Crippen LogP contribution in [0, 0.1) is 0 Å². The fourth-order valence-corrected chi connectivity index (χ4v) is 2.56. The molecule has 23 heavy (non-hydrogen) atoms. The number of benzene rings is 2. The van der Waals surface area contributed by atoms with Crippen molar-refractivity contribution in [1.29, 1.82) is 0 Å². The summed E-state index contributed by atoms with van der Waals surface area (Å²) in [6.45, 7) is 0.519. The molecule has 0 bridgehead atoms. The van der Waals surface area contributed by atoms with Crippen LogP contribution in [0.1, 0.15) is 11.1 Å². The second-order valence-electron chi connectivity index (χ2n) is 5.04. The maximum atomic E-state index is 12.1. The molecule has 0 spiro atoms. The second kappa shape index (κ2) is 8.44. The Kier molecular flexibility index (Phi) is 6.29. The predicted octanol–water partition coefficient (Wildman–Crippen LogP) is 3.26. The van der Waals surface area contributed by atoms with Gasteiger partial charge in [-0.25, -0.2) is 0 Å². The van der Waals surface area contributed by atoms with Crippen LogP contribution in [0.2, 0.25) is 5.02 Å². The molecule has 2 aromatic rings. The van der Waals surface area contributed by atoms with Gasteiger partial charge in [0, 0.05) is 17.1 Å². The van der Waals surface area contributed by atoms with Gasteiger partial charge in [-0.2, -0.15) is 0 Å². The van der Waals surface area contributed by atoms with Crippen molar-refractivity contribution in [2.45, 2.75) is 12.8 Å². The molecule has 0 saturated heterocycles. The van der Waals surface area contributed by atoms with Crippen LogP contribution in [0.15, 0.2) is 42.5 Å². The summed E-state index contributed by atoms with van der Waals surface area (Å²) in [5.74, 6) is 1.45. The molecule has 0 atom stereocenters. The van der Waals surface area contributed by atoms with E-state index < -0.39 is 0 Å². The molecule has 0 fully saturated rings. The normalized spacial score (nSPS) is 10.2. The Morgan fingerprint density at radius 3 is 2.48 bits per heavy atom. The maximum Gasteiger partial charge on any atom is 0.224 e. The number of halogens is 1. The van der Waals surface area contributed by atoms with Crippen LogP contribution in [0.3, 0.4) is 0 Å². The van der Waals surface area contributed by atoms with E-state index >= 15 is 0 Å². The fourth-order valence-electron chi connectivity index (χ4n) is 2.36. The number of carbonyl (C=O) groups is 1. The van der Waals surface area contributed by atoms with Gasteiger partial charge in [0.1, 0.15) is 11.5 Å². The number of methoxy groups -OCH3 is 2. The fraction of sp³-hybridized carbons (Fsp3) is 0.278. The Morgan fingerprint density at radius 1 is 1.04 bits per heavy atom. The number of hydrogen-bond acceptors (Lipinski definition) is 3. The van der Waals surface area contributed by atoms with Gasteiger partial charge < -0.3 is 14.8 Å². The number of hydrogen-bond donors (Lipinski definition) is 1. The van der Waals surface area contributed by atoms with Crippen LogP contribution in [0.25, 0.3) is 0 Å². The third-order valence-corrected chi connectivity index (χ3v) is 3.74. The Balaban J connectivity index is 1.89. The van der Waals surface area contributed by atoms with Crippen LogP contribution >= 0.6 is 11.6 Å². The van der Waals surface area contributed by atoms with E-state index in [1.54, 1.807) is 20.3 Å². The summed E-state index contributed by atoms with van der Waals surface area (Å²) in [5, 5.41) is 3.56. The van der Waals surface area contributed by atoms with E-state index in [-0.39, 0.29) is 12.3 Å². The van der Waals surface area contributed by atoms with Gasteiger partial charge in [-0.05, 0) is 36.2 Å². The lowest BCUT2D eigenvalue weighted by molar-refractivity contribution is -0.120. The number of rotatable bonds is 7. The van der Waals surface area contributed by atoms with Crippen molar-refractivity contribution in [1.82, 2.24) is 5.32 Å². The molecule has 0 aliphatic heterocycles. The molecule has 5 heteroatoms. The first-order chi connectivity index (χ1) is 11.1. The van der Waals surface area contributed by atoms with Crippen molar-refractivity contribution in [2.24, 2.45) is 0 Å². The highest BCUT2D eigenvalue weighted by Crippen LogP contribution is 2.23. The van der Waals surface area contributed by atoms with Crippen LogP contribution in [0.5, 0.6) is 11.5 Å². The zero-order chi connectivity index (χ0) is 16.7. The zero-order valence-corrected chi connectivity index (χ0v) is 14.0. The molecule has 2 aromatic carbocycles. The first kappa shape index (κ1) is 17.2. The average molecular weight is 334 g/mol. The van der Waals surface area contributed by atoms with Gasteiger partial charge >= 0.3 is 0 Å². The van der Waals surface area contributed by atoms with E-state index in [1.807, 2.05) is 36.4 Å². The summed E-state index contributed by atoms with van der Waals surface area (Å²) in [4.78, 5) is 12.1. The van der Waals surface area contributed by atoms with Crippen molar-refractivity contribution in [3.05, 3.63) is 58.6 Å². The highest BCUT2D eigenvalue weighted by Gasteiger charge is 2.09. The number of carbonyl (C=O) groups excluding carboxylic acids is 1. The van der Waals surface area contributed by atoms with Crippen molar-refractivity contribution >= 4 is 17.5 Å². The first-order valence-corrected chi connectivity index (χ1v) is 7.73. The van der Waals surface area contributed by atoms with Crippen molar-refractivity contribution in [3.63, 3.8) is 0 Å². The van der Waals surface area contributed by atoms with Gasteiger partial charge in [-0.3, -0.25) is 4.79 Å². The number of amides is 1. The van der Waals surface area contributed by atoms with Crippen molar-refractivity contribution < 1.29 is 14.3 Å². The average Bonchev–Trinajstić information content (AvgIpc) is 2.55. The molecule has 1 N–H and O–H groups in total. The number of nitrogens with one attached hydrogen (secondary N) is 1. The van der Waals surface area contributed by atoms with E-state index in [9.17, 15) is 4.79 Å². The molecule has 0 unspecified atom stereocenters. The van der Waals surface area contributed by atoms with E-state index in [4.69, 9.17) is 21.1 Å². The second-order valence-corrected chi connectivity index (χ2v) is 5.48. The number of ether oxygens (including phenoxy) is 2. The number of para-hydroxylation sites is 1. The summed E-state index contributed by atoms with van der Waals surface area (Å²) >= 11 is 6.00. The Morgan fingerprint density at radius 2 is 1.74 bits per heavy atom. The van der Waals surface area contributed by atoms with Gasteiger partial charge in [0.15, 0.2) is 0 Å². The SMILES string of the molecule is COc1ccc(Cl)cc1CCNC(=O)Cc1ccccc1OC. The minimum atomic E-state index is -0.0458. The highest BCUT2D eigenvalue weighted by molar-refractivity contribution is 6.30. The van der Waals surface area contributed by atoms with Gasteiger partial charge in [0.05, 0.1) is 20.6 Å². The molecular weight excluding hydrogens is 314 g/mol. The quantitative estimate of drug-likeness (QED) is 0.846. The van der Waals surface area contributed by atoms with Crippen LogP contribution in [-0.4, -0.2) is 26.7 Å². The third kappa shape index (κ3) is 4.89. The lowest BCUT2D eigenvalue weighted by atomic mass is 10.1. The topological polar surface area (TPSA) is 47.6 Å². The molecular formula is C18H20ClNO3. The molecule has 0 saturated carbocycles. The molecule has 1 amide bonds. The largest absolute Gasteiger partial charge is 0.496 e. The monoisotopic (exact) mass is 333 g/mol. The summed E-state index contributed by atoms with van der Waals surface area (Å²) in [6.07, 6.45) is 0.943. The lowest BCUT2D eigenvalue weighted by Crippen LogP contribution is -2.27. The van der Waals surface area contributed by atoms with E-state index in [0.717, 1.165) is 22.6 Å². The van der Waals surface area contributed by atoms with Crippen molar-refractivity contribution in [2.75, 3.05) is 20.8 Å². The Labute approximate surface area is 141 Å². The van der Waals surface area contributed by atoms with Gasteiger partial charge in [-0.1, -0.05) is 29.8 Å². The van der Waals surface area contributed by atoms with Gasteiger partial charge in [0.25, 0.3) is 0 Å². The Bertz CT molecular complexity index is 673. The summed E-state index contributed by atoms with van der Waals surface area (Å²) in [6, 6.07) is 13.0. The van der Waals surface area contributed by atoms with E-state index in [0.29, 0.717) is 18.0 Å². The molecule has 0 aromatic heterocycles. The van der Waals surface area contributed by atoms with Crippen LogP contribution in [0.4, 0.5) is 0 Å². The van der Waals surface area contributed by atoms with Gasteiger partial charge in [0.2, 0.25) is 5.91 Å². The van der Waals surface area contributed by atoms with Crippen molar-refractivity contribution in [3.8, 4) is 11.5 Å². The standard InChI is InChI=1S/C18H20ClNO3/c1-22-16-6-4-3-5-13(16)12-18(21)20-10-9-14-11-15(19)7-8-17(14)23-2/h3-8,11H,9-10,12H2,1-2H3,(H,20,21). The summed E-state index contributed by atoms with van der Waals surface area (Å²) in [5.41, 5.74) is 1.84. The summed E-state index contributed by atoms with van der Waals surface area (Å²) < 4.78 is 10.5. The predicted molar refractivity (Wildman–Crippen MR) is 91.4 cm³/mol. The molecule has 122 valence electrons. The van der Waals surface area contributed by atoms with E-state index in [2.05, 4.69) is 5.32 Å². The molecule has 0 radical (unpaired) electrons. The molecule has 0 aliphatic rings. The minimum Gasteiger partial charge on any atom is -0.496 e. The molecule has 0 heterocycles. The maximum absolute atomic E-state index is 12.1. The molecule has 4 nitrogen and oxygen atoms in total. The summed E-state index contributed by atoms with van der Waals surface area (Å²) in [7, 11) is 3.22. The first-order valence-electron chi connectivity index (χ1n) is 7.35. The smallest absolute Gasteiger partial charge is 0.224 e. The minimum absolute atomic E-state index is 0.0458. The highest BCUT2D eigenvalue weighted by atomic mass is 35.5. The lowest BCUT2D eigenvalue weighted by Gasteiger charge is -2.11. The molecule has 2 rings (SSSR count). The van der Waals surface area contributed by atoms with Crippen LogP contribution < -0.4 is 14.8 Å². The van der Waals surface area contributed by atoms with Crippen LogP contribution in [-0.2, 0) is 17.6 Å².